The number of nitrogen functional groups attached to an aromatic ring is 1. The Kier molecular flexibility index (Phi) is 3.91. The third kappa shape index (κ3) is 3.00. The lowest BCUT2D eigenvalue weighted by Crippen LogP contribution is -2.16. The molecule has 6 heteroatoms. The number of nitrogens with two attached hydrogens (primary N) is 1. The molecule has 0 aliphatic heterocycles. The summed E-state index contributed by atoms with van der Waals surface area (Å²) in [4.78, 5) is 0.0317. The highest BCUT2D eigenvalue weighted by Crippen LogP contribution is 2.29. The molecule has 0 atom stereocenters. The molecule has 112 valence electrons. The van der Waals surface area contributed by atoms with Crippen LogP contribution in [0.2, 0.25) is 0 Å². The molecule has 0 unspecified atom stereocenters. The Labute approximate surface area is 123 Å². The summed E-state index contributed by atoms with van der Waals surface area (Å²) in [6.45, 7) is 5.21. The van der Waals surface area contributed by atoms with E-state index in [4.69, 9.17) is 5.73 Å². The first kappa shape index (κ1) is 15.3. The summed E-state index contributed by atoms with van der Waals surface area (Å²) in [5.74, 6) is -0.474. The van der Waals surface area contributed by atoms with Gasteiger partial charge >= 0.3 is 0 Å². The Balaban J connectivity index is 2.50. The normalized spacial score (nSPS) is 11.4. The van der Waals surface area contributed by atoms with Crippen molar-refractivity contribution in [3.8, 4) is 0 Å². The molecular formula is C15H17FN2O2S. The minimum atomic E-state index is -3.82. The van der Waals surface area contributed by atoms with Crippen molar-refractivity contribution in [3.05, 3.63) is 52.8 Å². The molecule has 2 aromatic rings. The molecule has 0 saturated heterocycles. The van der Waals surface area contributed by atoms with E-state index in [-0.39, 0.29) is 4.90 Å². The fraction of sp³-hybridized carbons (Fsp3) is 0.200. The van der Waals surface area contributed by atoms with Gasteiger partial charge in [0.2, 0.25) is 0 Å². The van der Waals surface area contributed by atoms with Crippen LogP contribution in [0.5, 0.6) is 0 Å². The van der Waals surface area contributed by atoms with E-state index in [0.29, 0.717) is 16.9 Å². The molecule has 2 rings (SSSR count). The number of halogens is 1. The first-order valence-electron chi connectivity index (χ1n) is 6.37. The number of nitrogens with one attached hydrogen (secondary N) is 1. The van der Waals surface area contributed by atoms with Crippen LogP contribution in [0, 0.1) is 26.6 Å². The van der Waals surface area contributed by atoms with Gasteiger partial charge < -0.3 is 5.73 Å². The van der Waals surface area contributed by atoms with Gasteiger partial charge in [0.25, 0.3) is 10.0 Å². The van der Waals surface area contributed by atoms with Gasteiger partial charge in [0.1, 0.15) is 5.82 Å². The third-order valence-corrected chi connectivity index (χ3v) is 4.94. The Morgan fingerprint density at radius 3 is 2.33 bits per heavy atom. The smallest absolute Gasteiger partial charge is 0.262 e. The zero-order valence-corrected chi connectivity index (χ0v) is 12.9. The largest absolute Gasteiger partial charge is 0.397 e. The molecule has 0 bridgehead atoms. The van der Waals surface area contributed by atoms with Crippen LogP contribution in [0.1, 0.15) is 16.7 Å². The number of hydrogen-bond donors (Lipinski definition) is 2. The Bertz CT molecular complexity index is 802. The van der Waals surface area contributed by atoms with Gasteiger partial charge in [-0.15, -0.1) is 0 Å². The molecule has 0 saturated carbocycles. The lowest BCUT2D eigenvalue weighted by molar-refractivity contribution is 0.598. The standard InChI is InChI=1S/C15H17FN2O2S/c1-9-4-6-13(17)15(11(9)3)18-21(19,20)14-7-5-12(16)8-10(14)2/h4-8,18H,17H2,1-3H3. The molecule has 0 fully saturated rings. The number of benzene rings is 2. The van der Waals surface area contributed by atoms with Crippen LogP contribution < -0.4 is 10.5 Å². The highest BCUT2D eigenvalue weighted by molar-refractivity contribution is 7.92. The Morgan fingerprint density at radius 2 is 1.71 bits per heavy atom. The van der Waals surface area contributed by atoms with Crippen LogP contribution in [0.3, 0.4) is 0 Å². The first-order valence-corrected chi connectivity index (χ1v) is 7.85. The maximum absolute atomic E-state index is 13.1. The SMILES string of the molecule is Cc1cc(F)ccc1S(=O)(=O)Nc1c(N)ccc(C)c1C. The lowest BCUT2D eigenvalue weighted by Gasteiger charge is -2.15. The fourth-order valence-corrected chi connectivity index (χ4v) is 3.46. The first-order chi connectivity index (χ1) is 9.72. The average Bonchev–Trinajstić information content (AvgIpc) is 2.39. The van der Waals surface area contributed by atoms with Gasteiger partial charge in [-0.05, 0) is 61.7 Å². The number of aryl methyl sites for hydroxylation is 2. The van der Waals surface area contributed by atoms with Gasteiger partial charge in [-0.1, -0.05) is 6.07 Å². The third-order valence-electron chi connectivity index (χ3n) is 3.43. The molecule has 21 heavy (non-hydrogen) atoms. The van der Waals surface area contributed by atoms with Gasteiger partial charge in [0.05, 0.1) is 16.3 Å². The monoisotopic (exact) mass is 308 g/mol. The second kappa shape index (κ2) is 5.37. The van der Waals surface area contributed by atoms with Crippen molar-refractivity contribution in [3.63, 3.8) is 0 Å². The van der Waals surface area contributed by atoms with E-state index >= 15 is 0 Å². The maximum Gasteiger partial charge on any atom is 0.262 e. The maximum atomic E-state index is 13.1. The van der Waals surface area contributed by atoms with E-state index < -0.39 is 15.8 Å². The Hall–Kier alpha value is -2.08. The number of rotatable bonds is 3. The number of sulfonamides is 1. The summed E-state index contributed by atoms with van der Waals surface area (Å²) >= 11 is 0. The minimum absolute atomic E-state index is 0.0317. The van der Waals surface area contributed by atoms with E-state index in [9.17, 15) is 12.8 Å². The van der Waals surface area contributed by atoms with Crippen molar-refractivity contribution in [1.29, 1.82) is 0 Å². The molecule has 0 amide bonds. The Morgan fingerprint density at radius 1 is 1.05 bits per heavy atom. The number of anilines is 2. The summed E-state index contributed by atoms with van der Waals surface area (Å²) < 4.78 is 40.5. The molecule has 4 nitrogen and oxygen atoms in total. The van der Waals surface area contributed by atoms with Crippen molar-refractivity contribution < 1.29 is 12.8 Å². The van der Waals surface area contributed by atoms with E-state index in [0.717, 1.165) is 17.2 Å². The topological polar surface area (TPSA) is 72.2 Å². The second-order valence-electron chi connectivity index (χ2n) is 4.99. The van der Waals surface area contributed by atoms with Crippen LogP contribution in [0.4, 0.5) is 15.8 Å². The quantitative estimate of drug-likeness (QED) is 0.856. The fourth-order valence-electron chi connectivity index (χ4n) is 2.08. The summed E-state index contributed by atoms with van der Waals surface area (Å²) in [6.07, 6.45) is 0. The lowest BCUT2D eigenvalue weighted by atomic mass is 10.1. The summed E-state index contributed by atoms with van der Waals surface area (Å²) in [5.41, 5.74) is 8.59. The highest BCUT2D eigenvalue weighted by atomic mass is 32.2. The van der Waals surface area contributed by atoms with Crippen molar-refractivity contribution in [2.75, 3.05) is 10.5 Å². The van der Waals surface area contributed by atoms with Crippen LogP contribution in [0.25, 0.3) is 0 Å². The average molecular weight is 308 g/mol. The zero-order valence-electron chi connectivity index (χ0n) is 12.1. The molecular weight excluding hydrogens is 291 g/mol. The van der Waals surface area contributed by atoms with E-state index in [1.165, 1.54) is 12.1 Å². The van der Waals surface area contributed by atoms with Crippen LogP contribution in [-0.2, 0) is 10.0 Å². The molecule has 0 radical (unpaired) electrons. The molecule has 0 aliphatic rings. The van der Waals surface area contributed by atoms with Crippen LogP contribution >= 0.6 is 0 Å². The van der Waals surface area contributed by atoms with Gasteiger partial charge in [-0.3, -0.25) is 4.72 Å². The van der Waals surface area contributed by atoms with Crippen molar-refractivity contribution in [2.45, 2.75) is 25.7 Å². The minimum Gasteiger partial charge on any atom is -0.397 e. The van der Waals surface area contributed by atoms with Crippen molar-refractivity contribution >= 4 is 21.4 Å². The molecule has 0 heterocycles. The van der Waals surface area contributed by atoms with Gasteiger partial charge in [-0.25, -0.2) is 12.8 Å². The zero-order chi connectivity index (χ0) is 15.8. The van der Waals surface area contributed by atoms with E-state index in [1.807, 2.05) is 13.0 Å². The number of hydrogen-bond acceptors (Lipinski definition) is 3. The molecule has 3 N–H and O–H groups in total. The second-order valence-corrected chi connectivity index (χ2v) is 6.64. The predicted octanol–water partition coefficient (Wildman–Crippen LogP) is 3.13. The highest BCUT2D eigenvalue weighted by Gasteiger charge is 2.19. The van der Waals surface area contributed by atoms with Crippen LogP contribution in [-0.4, -0.2) is 8.42 Å². The van der Waals surface area contributed by atoms with Gasteiger partial charge in [0.15, 0.2) is 0 Å². The summed E-state index contributed by atoms with van der Waals surface area (Å²) in [5, 5.41) is 0. The molecule has 0 aromatic heterocycles. The van der Waals surface area contributed by atoms with Crippen molar-refractivity contribution in [1.82, 2.24) is 0 Å². The van der Waals surface area contributed by atoms with Crippen molar-refractivity contribution in [2.24, 2.45) is 0 Å². The summed E-state index contributed by atoms with van der Waals surface area (Å²) in [7, 11) is -3.82. The predicted molar refractivity (Wildman–Crippen MR) is 82.3 cm³/mol. The van der Waals surface area contributed by atoms with E-state index in [2.05, 4.69) is 4.72 Å². The van der Waals surface area contributed by atoms with E-state index in [1.54, 1.807) is 19.9 Å². The van der Waals surface area contributed by atoms with Gasteiger partial charge in [0, 0.05) is 0 Å². The van der Waals surface area contributed by atoms with Gasteiger partial charge in [-0.2, -0.15) is 0 Å². The molecule has 2 aromatic carbocycles. The molecule has 0 aliphatic carbocycles. The summed E-state index contributed by atoms with van der Waals surface area (Å²) in [6, 6.07) is 7.02. The molecule has 0 spiro atoms. The van der Waals surface area contributed by atoms with Crippen LogP contribution in [0.15, 0.2) is 35.2 Å².